The third-order valence-corrected chi connectivity index (χ3v) is 5.67. The zero-order chi connectivity index (χ0) is 18.8. The van der Waals surface area contributed by atoms with Crippen molar-refractivity contribution in [2.75, 3.05) is 10.6 Å². The fourth-order valence-corrected chi connectivity index (χ4v) is 3.95. The van der Waals surface area contributed by atoms with Crippen molar-refractivity contribution in [2.24, 2.45) is 0 Å². The highest BCUT2D eigenvalue weighted by molar-refractivity contribution is 8.01. The van der Waals surface area contributed by atoms with Gasteiger partial charge in [0.15, 0.2) is 0 Å². The number of para-hydroxylation sites is 1. The predicted molar refractivity (Wildman–Crippen MR) is 105 cm³/mol. The molecule has 1 aliphatic carbocycles. The Balaban J connectivity index is 1.38. The summed E-state index contributed by atoms with van der Waals surface area (Å²) < 4.78 is 0. The minimum absolute atomic E-state index is 0.0589. The number of hydrogen-bond donors (Lipinski definition) is 3. The highest BCUT2D eigenvalue weighted by Crippen LogP contribution is 2.36. The van der Waals surface area contributed by atoms with E-state index in [9.17, 15) is 14.4 Å². The van der Waals surface area contributed by atoms with Crippen LogP contribution in [0, 0.1) is 0 Å². The number of carbonyl (C=O) groups is 3. The smallest absolute Gasteiger partial charge is 0.251 e. The number of fused-ring (bicyclic) bond motifs is 1. The molecule has 2 aromatic rings. The van der Waals surface area contributed by atoms with Crippen molar-refractivity contribution in [3.63, 3.8) is 0 Å². The molecule has 1 atom stereocenters. The summed E-state index contributed by atoms with van der Waals surface area (Å²) in [5.74, 6) is -0.569. The number of hydrogen-bond acceptors (Lipinski definition) is 4. The highest BCUT2D eigenvalue weighted by atomic mass is 32.2. The van der Waals surface area contributed by atoms with E-state index in [4.69, 9.17) is 0 Å². The average molecular weight is 381 g/mol. The van der Waals surface area contributed by atoms with E-state index in [2.05, 4.69) is 16.0 Å². The molecule has 7 heteroatoms. The number of thioether (sulfide) groups is 1. The normalized spacial score (nSPS) is 18.2. The first-order valence-electron chi connectivity index (χ1n) is 8.86. The standard InChI is InChI=1S/C20H19N3O3S/c24-18(11-17-20(26)23-15-6-1-2-7-16(15)27-17)21-14-5-3-4-12(10-14)19(25)22-13-8-9-13/h1-7,10,13,17H,8-9,11H2,(H,21,24)(H,22,25)(H,23,26)/t17-/m1/s1. The van der Waals surface area contributed by atoms with E-state index in [0.29, 0.717) is 11.3 Å². The van der Waals surface area contributed by atoms with Crippen molar-refractivity contribution < 1.29 is 14.4 Å². The molecular weight excluding hydrogens is 362 g/mol. The second kappa shape index (κ2) is 7.44. The third-order valence-electron chi connectivity index (χ3n) is 4.40. The van der Waals surface area contributed by atoms with Crippen molar-refractivity contribution in [3.05, 3.63) is 54.1 Å². The van der Waals surface area contributed by atoms with Gasteiger partial charge in [0.05, 0.1) is 10.9 Å². The van der Waals surface area contributed by atoms with Crippen LogP contribution in [0.15, 0.2) is 53.4 Å². The summed E-state index contributed by atoms with van der Waals surface area (Å²) in [6, 6.07) is 14.6. The first-order valence-corrected chi connectivity index (χ1v) is 9.74. The lowest BCUT2D eigenvalue weighted by atomic mass is 10.1. The predicted octanol–water partition coefficient (Wildman–Crippen LogP) is 3.02. The molecule has 4 rings (SSSR count). The van der Waals surface area contributed by atoms with Crippen LogP contribution in [0.4, 0.5) is 11.4 Å². The number of anilines is 2. The molecule has 2 aliphatic rings. The van der Waals surface area contributed by atoms with Crippen LogP contribution in [0.3, 0.4) is 0 Å². The van der Waals surface area contributed by atoms with Gasteiger partial charge < -0.3 is 16.0 Å². The van der Waals surface area contributed by atoms with Crippen LogP contribution < -0.4 is 16.0 Å². The SMILES string of the molecule is O=C(C[C@H]1Sc2ccccc2NC1=O)Nc1cccc(C(=O)NC2CC2)c1. The molecule has 1 fully saturated rings. The van der Waals surface area contributed by atoms with E-state index >= 15 is 0 Å². The lowest BCUT2D eigenvalue weighted by Gasteiger charge is -2.23. The Kier molecular flexibility index (Phi) is 4.85. The largest absolute Gasteiger partial charge is 0.349 e. The van der Waals surface area contributed by atoms with Gasteiger partial charge in [0.25, 0.3) is 5.91 Å². The minimum atomic E-state index is -0.485. The lowest BCUT2D eigenvalue weighted by molar-refractivity contribution is -0.120. The molecule has 138 valence electrons. The van der Waals surface area contributed by atoms with Gasteiger partial charge in [0.1, 0.15) is 0 Å². The third kappa shape index (κ3) is 4.31. The van der Waals surface area contributed by atoms with Crippen molar-refractivity contribution in [1.29, 1.82) is 0 Å². The quantitative estimate of drug-likeness (QED) is 0.743. The summed E-state index contributed by atoms with van der Waals surface area (Å²) in [7, 11) is 0. The van der Waals surface area contributed by atoms with Crippen molar-refractivity contribution in [2.45, 2.75) is 35.4 Å². The maximum absolute atomic E-state index is 12.4. The average Bonchev–Trinajstić information content (AvgIpc) is 3.46. The highest BCUT2D eigenvalue weighted by Gasteiger charge is 2.29. The van der Waals surface area contributed by atoms with Crippen LogP contribution in [0.5, 0.6) is 0 Å². The van der Waals surface area contributed by atoms with Gasteiger partial charge in [-0.3, -0.25) is 14.4 Å². The molecule has 3 N–H and O–H groups in total. The zero-order valence-corrected chi connectivity index (χ0v) is 15.3. The van der Waals surface area contributed by atoms with Gasteiger partial charge in [0.2, 0.25) is 11.8 Å². The number of benzene rings is 2. The Morgan fingerprint density at radius 2 is 1.93 bits per heavy atom. The van der Waals surface area contributed by atoms with Crippen molar-refractivity contribution >= 4 is 40.9 Å². The topological polar surface area (TPSA) is 87.3 Å². The molecule has 3 amide bonds. The van der Waals surface area contributed by atoms with Crippen LogP contribution in [0.2, 0.25) is 0 Å². The van der Waals surface area contributed by atoms with Gasteiger partial charge in [-0.25, -0.2) is 0 Å². The molecule has 27 heavy (non-hydrogen) atoms. The summed E-state index contributed by atoms with van der Waals surface area (Å²) in [4.78, 5) is 37.7. The second-order valence-electron chi connectivity index (χ2n) is 6.67. The Hall–Kier alpha value is -2.80. The summed E-state index contributed by atoms with van der Waals surface area (Å²) in [5, 5.41) is 8.06. The molecule has 0 unspecified atom stereocenters. The second-order valence-corrected chi connectivity index (χ2v) is 7.92. The van der Waals surface area contributed by atoms with Crippen LogP contribution in [-0.2, 0) is 9.59 Å². The first kappa shape index (κ1) is 17.6. The van der Waals surface area contributed by atoms with Crippen molar-refractivity contribution in [3.8, 4) is 0 Å². The first-order chi connectivity index (χ1) is 13.1. The molecule has 0 bridgehead atoms. The van der Waals surface area contributed by atoms with Crippen molar-refractivity contribution in [1.82, 2.24) is 5.32 Å². The fraction of sp³-hybridized carbons (Fsp3) is 0.250. The molecule has 1 heterocycles. The monoisotopic (exact) mass is 381 g/mol. The van der Waals surface area contributed by atoms with Crippen LogP contribution in [0.1, 0.15) is 29.6 Å². The van der Waals surface area contributed by atoms with Gasteiger partial charge in [-0.15, -0.1) is 11.8 Å². The van der Waals surface area contributed by atoms with Gasteiger partial charge in [-0.2, -0.15) is 0 Å². The maximum atomic E-state index is 12.4. The van der Waals surface area contributed by atoms with Crippen LogP contribution in [-0.4, -0.2) is 29.0 Å². The molecule has 1 saturated carbocycles. The van der Waals surface area contributed by atoms with Gasteiger partial charge in [0, 0.05) is 28.6 Å². The molecule has 0 aromatic heterocycles. The number of rotatable bonds is 5. The Morgan fingerprint density at radius 1 is 1.11 bits per heavy atom. The van der Waals surface area contributed by atoms with E-state index in [-0.39, 0.29) is 30.2 Å². The molecule has 2 aromatic carbocycles. The van der Waals surface area contributed by atoms with E-state index in [1.54, 1.807) is 24.3 Å². The van der Waals surface area contributed by atoms with Gasteiger partial charge in [-0.05, 0) is 43.2 Å². The Morgan fingerprint density at radius 3 is 2.74 bits per heavy atom. The van der Waals surface area contributed by atoms with Crippen LogP contribution >= 0.6 is 11.8 Å². The summed E-state index contributed by atoms with van der Waals surface area (Å²) in [5.41, 5.74) is 1.84. The lowest BCUT2D eigenvalue weighted by Crippen LogP contribution is -2.32. The fourth-order valence-electron chi connectivity index (χ4n) is 2.84. The summed E-state index contributed by atoms with van der Waals surface area (Å²) >= 11 is 1.39. The molecule has 1 aliphatic heterocycles. The molecule has 0 radical (unpaired) electrons. The van der Waals surface area contributed by atoms with E-state index < -0.39 is 5.25 Å². The molecule has 6 nitrogen and oxygen atoms in total. The van der Waals surface area contributed by atoms with E-state index in [1.807, 2.05) is 24.3 Å². The summed E-state index contributed by atoms with van der Waals surface area (Å²) in [6.45, 7) is 0. The molecule has 0 spiro atoms. The van der Waals surface area contributed by atoms with Gasteiger partial charge in [-0.1, -0.05) is 18.2 Å². The number of carbonyl (C=O) groups excluding carboxylic acids is 3. The zero-order valence-electron chi connectivity index (χ0n) is 14.5. The Labute approximate surface area is 161 Å². The molecular formula is C20H19N3O3S. The number of amides is 3. The van der Waals surface area contributed by atoms with E-state index in [1.165, 1.54) is 11.8 Å². The van der Waals surface area contributed by atoms with Crippen LogP contribution in [0.25, 0.3) is 0 Å². The Bertz CT molecular complexity index is 911. The van der Waals surface area contributed by atoms with Gasteiger partial charge >= 0.3 is 0 Å². The summed E-state index contributed by atoms with van der Waals surface area (Å²) in [6.07, 6.45) is 2.10. The minimum Gasteiger partial charge on any atom is -0.349 e. The molecule has 0 saturated heterocycles. The number of nitrogens with one attached hydrogen (secondary N) is 3. The van der Waals surface area contributed by atoms with E-state index in [0.717, 1.165) is 23.4 Å². The maximum Gasteiger partial charge on any atom is 0.251 e.